The summed E-state index contributed by atoms with van der Waals surface area (Å²) in [5.41, 5.74) is 0.811. The van der Waals surface area contributed by atoms with Crippen molar-refractivity contribution < 1.29 is 22.3 Å². The van der Waals surface area contributed by atoms with Crippen LogP contribution < -0.4 is 4.90 Å². The molecular formula is C19H17FN2O4S. The largest absolute Gasteiger partial charge is 0.378 e. The van der Waals surface area contributed by atoms with Crippen molar-refractivity contribution in [3.05, 3.63) is 65.5 Å². The molecule has 4 rings (SSSR count). The van der Waals surface area contributed by atoms with Gasteiger partial charge in [-0.25, -0.2) is 12.8 Å². The average molecular weight is 388 g/mol. The van der Waals surface area contributed by atoms with Crippen LogP contribution in [0.5, 0.6) is 0 Å². The van der Waals surface area contributed by atoms with Crippen LogP contribution in [0.1, 0.15) is 0 Å². The van der Waals surface area contributed by atoms with E-state index in [-0.39, 0.29) is 9.80 Å². The third-order valence-electron chi connectivity index (χ3n) is 4.55. The van der Waals surface area contributed by atoms with Crippen LogP contribution in [0.3, 0.4) is 0 Å². The Hall–Kier alpha value is -2.71. The highest BCUT2D eigenvalue weighted by Crippen LogP contribution is 2.39. The van der Waals surface area contributed by atoms with Crippen LogP contribution in [0, 0.1) is 5.82 Å². The number of fused-ring (bicyclic) bond motifs is 1. The summed E-state index contributed by atoms with van der Waals surface area (Å²) in [6.07, 6.45) is 1.28. The smallest absolute Gasteiger partial charge is 0.267 e. The SMILES string of the molecule is O=C(C1=CN(c2cccc(F)c2)c2ccccc2S1(=O)=O)N1CCOCC1. The summed E-state index contributed by atoms with van der Waals surface area (Å²) < 4.78 is 45.1. The number of halogens is 1. The number of carbonyl (C=O) groups is 1. The summed E-state index contributed by atoms with van der Waals surface area (Å²) in [5.74, 6) is -1.03. The maximum Gasteiger partial charge on any atom is 0.267 e. The zero-order chi connectivity index (χ0) is 19.0. The lowest BCUT2D eigenvalue weighted by Crippen LogP contribution is -2.43. The number of morpholine rings is 1. The second-order valence-electron chi connectivity index (χ2n) is 6.22. The number of sulfone groups is 1. The number of nitrogens with zero attached hydrogens (tertiary/aromatic N) is 2. The first-order valence-electron chi connectivity index (χ1n) is 8.46. The van der Waals surface area contributed by atoms with Crippen LogP contribution in [0.15, 0.2) is 64.5 Å². The highest BCUT2D eigenvalue weighted by molar-refractivity contribution is 7.96. The molecule has 2 aromatic carbocycles. The van der Waals surface area contributed by atoms with Crippen molar-refractivity contribution >= 4 is 27.1 Å². The summed E-state index contributed by atoms with van der Waals surface area (Å²) in [6, 6.07) is 12.2. The molecule has 2 aliphatic rings. The molecule has 140 valence electrons. The Balaban J connectivity index is 1.86. The van der Waals surface area contributed by atoms with Gasteiger partial charge in [-0.2, -0.15) is 0 Å². The molecule has 2 heterocycles. The molecule has 0 atom stereocenters. The number of rotatable bonds is 2. The molecule has 27 heavy (non-hydrogen) atoms. The number of hydrogen-bond acceptors (Lipinski definition) is 5. The van der Waals surface area contributed by atoms with Gasteiger partial charge in [-0.15, -0.1) is 0 Å². The molecule has 0 saturated carbocycles. The molecule has 0 radical (unpaired) electrons. The summed E-state index contributed by atoms with van der Waals surface area (Å²) in [5, 5.41) is 0. The second-order valence-corrected chi connectivity index (χ2v) is 8.11. The van der Waals surface area contributed by atoms with Crippen molar-refractivity contribution in [1.29, 1.82) is 0 Å². The van der Waals surface area contributed by atoms with E-state index in [2.05, 4.69) is 0 Å². The molecule has 2 aromatic rings. The van der Waals surface area contributed by atoms with E-state index in [9.17, 15) is 17.6 Å². The van der Waals surface area contributed by atoms with Crippen LogP contribution in [0.2, 0.25) is 0 Å². The minimum absolute atomic E-state index is 0.0216. The normalized spacial score (nSPS) is 18.6. The van der Waals surface area contributed by atoms with Gasteiger partial charge >= 0.3 is 0 Å². The molecule has 1 fully saturated rings. The van der Waals surface area contributed by atoms with E-state index >= 15 is 0 Å². The molecule has 0 aromatic heterocycles. The second kappa shape index (κ2) is 6.79. The topological polar surface area (TPSA) is 66.9 Å². The van der Waals surface area contributed by atoms with Crippen molar-refractivity contribution in [3.8, 4) is 0 Å². The molecule has 0 spiro atoms. The molecule has 8 heteroatoms. The number of benzene rings is 2. The molecule has 1 amide bonds. The first-order valence-corrected chi connectivity index (χ1v) is 9.94. The Labute approximate surface area is 156 Å². The summed E-state index contributed by atoms with van der Waals surface area (Å²) in [6.45, 7) is 1.38. The third-order valence-corrected chi connectivity index (χ3v) is 6.33. The molecule has 2 aliphatic heterocycles. The van der Waals surface area contributed by atoms with Gasteiger partial charge in [0.15, 0.2) is 4.91 Å². The van der Waals surface area contributed by atoms with Crippen LogP contribution in [0.25, 0.3) is 0 Å². The van der Waals surface area contributed by atoms with E-state index in [1.165, 1.54) is 40.3 Å². The van der Waals surface area contributed by atoms with E-state index in [1.54, 1.807) is 24.3 Å². The molecule has 0 unspecified atom stereocenters. The van der Waals surface area contributed by atoms with Gasteiger partial charge in [0, 0.05) is 25.0 Å². The fourth-order valence-corrected chi connectivity index (χ4v) is 4.73. The Morgan fingerprint density at radius 1 is 1.04 bits per heavy atom. The van der Waals surface area contributed by atoms with E-state index < -0.39 is 21.6 Å². The molecular weight excluding hydrogens is 371 g/mol. The third kappa shape index (κ3) is 3.11. The fourth-order valence-electron chi connectivity index (χ4n) is 3.19. The molecule has 0 aliphatic carbocycles. The standard InChI is InChI=1S/C19H17FN2O4S/c20-14-4-3-5-15(12-14)22-13-18(19(23)21-8-10-26-11-9-21)27(24,25)17-7-2-1-6-16(17)22/h1-7,12-13H,8-11H2. The maximum absolute atomic E-state index is 13.7. The van der Waals surface area contributed by atoms with Crippen LogP contribution in [-0.2, 0) is 19.4 Å². The lowest BCUT2D eigenvalue weighted by Gasteiger charge is -2.32. The summed E-state index contributed by atoms with van der Waals surface area (Å²) in [7, 11) is -3.99. The Morgan fingerprint density at radius 2 is 1.78 bits per heavy atom. The minimum atomic E-state index is -3.99. The highest BCUT2D eigenvalue weighted by atomic mass is 32.2. The predicted molar refractivity (Wildman–Crippen MR) is 97.6 cm³/mol. The maximum atomic E-state index is 13.7. The molecule has 0 N–H and O–H groups in total. The lowest BCUT2D eigenvalue weighted by atomic mass is 10.2. The quantitative estimate of drug-likeness (QED) is 0.791. The Bertz CT molecular complexity index is 1030. The minimum Gasteiger partial charge on any atom is -0.378 e. The van der Waals surface area contributed by atoms with Gasteiger partial charge in [0.2, 0.25) is 9.84 Å². The van der Waals surface area contributed by atoms with Crippen LogP contribution in [-0.4, -0.2) is 45.5 Å². The van der Waals surface area contributed by atoms with E-state index in [0.717, 1.165) is 0 Å². The highest BCUT2D eigenvalue weighted by Gasteiger charge is 2.37. The number of amides is 1. The van der Waals surface area contributed by atoms with Gasteiger partial charge in [-0.05, 0) is 30.3 Å². The monoisotopic (exact) mass is 388 g/mol. The number of ether oxygens (including phenoxy) is 1. The van der Waals surface area contributed by atoms with E-state index in [1.807, 2.05) is 0 Å². The van der Waals surface area contributed by atoms with Gasteiger partial charge < -0.3 is 14.5 Å². The van der Waals surface area contributed by atoms with Crippen LogP contribution in [0.4, 0.5) is 15.8 Å². The van der Waals surface area contributed by atoms with Crippen molar-refractivity contribution in [3.63, 3.8) is 0 Å². The predicted octanol–water partition coefficient (Wildman–Crippen LogP) is 2.45. The van der Waals surface area contributed by atoms with Gasteiger partial charge in [-0.3, -0.25) is 4.79 Å². The number of anilines is 2. The molecule has 0 bridgehead atoms. The molecule has 6 nitrogen and oxygen atoms in total. The van der Waals surface area contributed by atoms with Gasteiger partial charge in [-0.1, -0.05) is 18.2 Å². The Morgan fingerprint density at radius 3 is 2.52 bits per heavy atom. The zero-order valence-corrected chi connectivity index (χ0v) is 15.2. The fraction of sp³-hybridized carbons (Fsp3) is 0.211. The number of para-hydroxylation sites is 1. The van der Waals surface area contributed by atoms with Crippen molar-refractivity contribution in [2.45, 2.75) is 4.90 Å². The Kier molecular flexibility index (Phi) is 4.45. The summed E-state index contributed by atoms with van der Waals surface area (Å²) >= 11 is 0. The van der Waals surface area contributed by atoms with Crippen molar-refractivity contribution in [1.82, 2.24) is 4.90 Å². The number of carbonyl (C=O) groups excluding carboxylic acids is 1. The average Bonchev–Trinajstić information content (AvgIpc) is 2.68. The van der Waals surface area contributed by atoms with Crippen LogP contribution >= 0.6 is 0 Å². The first-order chi connectivity index (χ1) is 13.0. The van der Waals surface area contributed by atoms with Gasteiger partial charge in [0.25, 0.3) is 5.91 Å². The van der Waals surface area contributed by atoms with E-state index in [4.69, 9.17) is 4.74 Å². The summed E-state index contributed by atoms with van der Waals surface area (Å²) in [4.78, 5) is 15.6. The lowest BCUT2D eigenvalue weighted by molar-refractivity contribution is -0.130. The van der Waals surface area contributed by atoms with Gasteiger partial charge in [0.05, 0.1) is 23.8 Å². The zero-order valence-electron chi connectivity index (χ0n) is 14.3. The number of hydrogen-bond donors (Lipinski definition) is 0. The molecule has 1 saturated heterocycles. The van der Waals surface area contributed by atoms with Gasteiger partial charge in [0.1, 0.15) is 5.82 Å². The van der Waals surface area contributed by atoms with Crippen molar-refractivity contribution in [2.75, 3.05) is 31.2 Å². The van der Waals surface area contributed by atoms with Crippen molar-refractivity contribution in [2.24, 2.45) is 0 Å². The van der Waals surface area contributed by atoms with E-state index in [0.29, 0.717) is 37.7 Å². The first kappa shape index (κ1) is 17.7.